The molecule has 0 bridgehead atoms. The van der Waals surface area contributed by atoms with E-state index >= 15 is 0 Å². The van der Waals surface area contributed by atoms with Gasteiger partial charge in [0.2, 0.25) is 5.75 Å². The lowest BCUT2D eigenvalue weighted by Crippen LogP contribution is -2.38. The van der Waals surface area contributed by atoms with E-state index in [2.05, 4.69) is 34.5 Å². The van der Waals surface area contributed by atoms with Gasteiger partial charge in [-0.05, 0) is 25.8 Å². The van der Waals surface area contributed by atoms with Crippen molar-refractivity contribution < 1.29 is 14.2 Å². The first-order valence-electron chi connectivity index (χ1n) is 9.90. The topological polar surface area (TPSA) is 77.0 Å². The maximum atomic E-state index is 5.56. The molecule has 0 atom stereocenters. The number of nitrogens with one attached hydrogen (secondary N) is 2. The predicted octanol–water partition coefficient (Wildman–Crippen LogP) is 3.07. The van der Waals surface area contributed by atoms with Gasteiger partial charge in [0.25, 0.3) is 0 Å². The van der Waals surface area contributed by atoms with Crippen LogP contribution in [0.1, 0.15) is 29.3 Å². The van der Waals surface area contributed by atoms with Crippen LogP contribution in [-0.4, -0.2) is 51.9 Å². The van der Waals surface area contributed by atoms with Gasteiger partial charge in [0.05, 0.1) is 26.3 Å². The minimum absolute atomic E-state index is 0.614. The summed E-state index contributed by atoms with van der Waals surface area (Å²) in [4.78, 5) is 10.4. The molecule has 0 radical (unpaired) electrons. The minimum Gasteiger partial charge on any atom is -0.493 e. The zero-order valence-corrected chi connectivity index (χ0v) is 18.8. The van der Waals surface area contributed by atoms with Crippen molar-refractivity contribution in [1.82, 2.24) is 15.6 Å². The molecule has 0 saturated carbocycles. The predicted molar refractivity (Wildman–Crippen MR) is 119 cm³/mol. The van der Waals surface area contributed by atoms with Gasteiger partial charge in [0, 0.05) is 42.7 Å². The molecular formula is C21H32N4O3S. The summed E-state index contributed by atoms with van der Waals surface area (Å²) in [7, 11) is 4.87. The van der Waals surface area contributed by atoms with Crippen LogP contribution in [0.4, 0.5) is 0 Å². The molecule has 2 aromatic rings. The van der Waals surface area contributed by atoms with E-state index in [0.29, 0.717) is 23.8 Å². The highest BCUT2D eigenvalue weighted by Crippen LogP contribution is 2.39. The Morgan fingerprint density at radius 2 is 1.83 bits per heavy atom. The van der Waals surface area contributed by atoms with Gasteiger partial charge in [-0.1, -0.05) is 13.0 Å². The Hall–Kier alpha value is -2.48. The molecule has 0 aliphatic carbocycles. The maximum absolute atomic E-state index is 5.56. The third-order valence-electron chi connectivity index (χ3n) is 4.36. The van der Waals surface area contributed by atoms with Crippen molar-refractivity contribution in [2.45, 2.75) is 33.1 Å². The Bertz CT molecular complexity index is 792. The number of rotatable bonds is 11. The van der Waals surface area contributed by atoms with Crippen molar-refractivity contribution in [3.05, 3.63) is 33.8 Å². The number of ether oxygens (including phenoxy) is 3. The van der Waals surface area contributed by atoms with Gasteiger partial charge in [-0.25, -0.2) is 4.98 Å². The molecule has 1 aromatic heterocycles. The Morgan fingerprint density at radius 3 is 2.45 bits per heavy atom. The summed E-state index contributed by atoms with van der Waals surface area (Å²) in [5, 5.41) is 7.81. The van der Waals surface area contributed by atoms with Gasteiger partial charge in [-0.2, -0.15) is 0 Å². The Labute approximate surface area is 177 Å². The number of thiazole rings is 1. The highest BCUT2D eigenvalue weighted by atomic mass is 32.1. The first-order chi connectivity index (χ1) is 14.2. The number of aromatic nitrogens is 1. The van der Waals surface area contributed by atoms with Gasteiger partial charge in [-0.3, -0.25) is 4.99 Å². The standard InChI is InChI=1S/C21H32N4O3S/c1-6-16-14-25-18(29-16)11-13-24-21(22-7-2)23-12-10-15-8-9-17(26-3)20(28-5)19(15)27-4/h8-9,14H,6-7,10-13H2,1-5H3,(H2,22,23,24). The van der Waals surface area contributed by atoms with Crippen LogP contribution in [0.15, 0.2) is 23.3 Å². The summed E-state index contributed by atoms with van der Waals surface area (Å²) in [6.45, 7) is 6.43. The molecule has 0 spiro atoms. The van der Waals surface area contributed by atoms with E-state index in [1.54, 1.807) is 32.7 Å². The van der Waals surface area contributed by atoms with Crippen molar-refractivity contribution in [1.29, 1.82) is 0 Å². The van der Waals surface area contributed by atoms with E-state index in [1.165, 1.54) is 4.88 Å². The van der Waals surface area contributed by atoms with Crippen LogP contribution in [0.2, 0.25) is 0 Å². The van der Waals surface area contributed by atoms with Crippen LogP contribution in [-0.2, 0) is 19.3 Å². The number of benzene rings is 1. The second kappa shape index (κ2) is 12.2. The zero-order chi connectivity index (χ0) is 21.1. The molecule has 0 aliphatic rings. The monoisotopic (exact) mass is 420 g/mol. The molecule has 1 heterocycles. The SMILES string of the molecule is CCNC(=NCCc1ncc(CC)s1)NCCc1ccc(OC)c(OC)c1OC. The van der Waals surface area contributed by atoms with Crippen molar-refractivity contribution >= 4 is 17.3 Å². The molecular weight excluding hydrogens is 388 g/mol. The fraction of sp³-hybridized carbons (Fsp3) is 0.524. The quantitative estimate of drug-likeness (QED) is 0.430. The largest absolute Gasteiger partial charge is 0.493 e. The van der Waals surface area contributed by atoms with Crippen LogP contribution in [0.5, 0.6) is 17.2 Å². The van der Waals surface area contributed by atoms with E-state index in [4.69, 9.17) is 14.2 Å². The summed E-state index contributed by atoms with van der Waals surface area (Å²) in [6, 6.07) is 3.90. The molecule has 7 nitrogen and oxygen atoms in total. The normalized spacial score (nSPS) is 11.3. The summed E-state index contributed by atoms with van der Waals surface area (Å²) in [6.07, 6.45) is 4.61. The van der Waals surface area contributed by atoms with Gasteiger partial charge in [0.15, 0.2) is 17.5 Å². The fourth-order valence-corrected chi connectivity index (χ4v) is 3.76. The molecule has 0 amide bonds. The Balaban J connectivity index is 1.94. The van der Waals surface area contributed by atoms with E-state index < -0.39 is 0 Å². The zero-order valence-electron chi connectivity index (χ0n) is 18.0. The van der Waals surface area contributed by atoms with Crippen molar-refractivity contribution in [2.75, 3.05) is 41.0 Å². The molecule has 29 heavy (non-hydrogen) atoms. The molecule has 2 N–H and O–H groups in total. The fourth-order valence-electron chi connectivity index (χ4n) is 2.91. The minimum atomic E-state index is 0.614. The number of hydrogen-bond acceptors (Lipinski definition) is 6. The summed E-state index contributed by atoms with van der Waals surface area (Å²) in [5.74, 6) is 2.78. The van der Waals surface area contributed by atoms with Crippen molar-refractivity contribution in [2.24, 2.45) is 4.99 Å². The Morgan fingerprint density at radius 1 is 1.03 bits per heavy atom. The van der Waals surface area contributed by atoms with Crippen LogP contribution in [0.25, 0.3) is 0 Å². The third-order valence-corrected chi connectivity index (χ3v) is 5.56. The summed E-state index contributed by atoms with van der Waals surface area (Å²) >= 11 is 1.77. The molecule has 1 aromatic carbocycles. The molecule has 0 aliphatic heterocycles. The second-order valence-corrected chi connectivity index (χ2v) is 7.45. The number of nitrogens with zero attached hydrogens (tertiary/aromatic N) is 2. The van der Waals surface area contributed by atoms with Crippen LogP contribution in [0.3, 0.4) is 0 Å². The number of guanidine groups is 1. The average Bonchev–Trinajstić information content (AvgIpc) is 3.21. The van der Waals surface area contributed by atoms with Gasteiger partial charge < -0.3 is 24.8 Å². The van der Waals surface area contributed by atoms with E-state index in [1.807, 2.05) is 18.3 Å². The number of aryl methyl sites for hydroxylation is 1. The number of hydrogen-bond donors (Lipinski definition) is 2. The smallest absolute Gasteiger partial charge is 0.203 e. The lowest BCUT2D eigenvalue weighted by Gasteiger charge is -2.16. The molecule has 0 fully saturated rings. The lowest BCUT2D eigenvalue weighted by atomic mass is 10.1. The first-order valence-corrected chi connectivity index (χ1v) is 10.7. The first kappa shape index (κ1) is 22.8. The van der Waals surface area contributed by atoms with Gasteiger partial charge in [-0.15, -0.1) is 11.3 Å². The molecule has 8 heteroatoms. The Kier molecular flexibility index (Phi) is 9.56. The van der Waals surface area contributed by atoms with Crippen LogP contribution >= 0.6 is 11.3 Å². The van der Waals surface area contributed by atoms with Crippen molar-refractivity contribution in [3.63, 3.8) is 0 Å². The lowest BCUT2D eigenvalue weighted by molar-refractivity contribution is 0.322. The maximum Gasteiger partial charge on any atom is 0.203 e. The summed E-state index contributed by atoms with van der Waals surface area (Å²) < 4.78 is 16.4. The molecule has 0 unspecified atom stereocenters. The van der Waals surface area contributed by atoms with Gasteiger partial charge in [0.1, 0.15) is 0 Å². The van der Waals surface area contributed by atoms with Crippen molar-refractivity contribution in [3.8, 4) is 17.2 Å². The van der Waals surface area contributed by atoms with E-state index in [-0.39, 0.29) is 0 Å². The van der Waals surface area contributed by atoms with Crippen LogP contribution in [0, 0.1) is 0 Å². The van der Waals surface area contributed by atoms with E-state index in [9.17, 15) is 0 Å². The molecule has 2 rings (SSSR count). The second-order valence-electron chi connectivity index (χ2n) is 6.25. The number of aliphatic imine (C=N–C) groups is 1. The highest BCUT2D eigenvalue weighted by molar-refractivity contribution is 7.11. The number of methoxy groups -OCH3 is 3. The van der Waals surface area contributed by atoms with Crippen LogP contribution < -0.4 is 24.8 Å². The molecule has 0 saturated heterocycles. The molecule has 160 valence electrons. The average molecular weight is 421 g/mol. The highest BCUT2D eigenvalue weighted by Gasteiger charge is 2.15. The third kappa shape index (κ3) is 6.52. The van der Waals surface area contributed by atoms with E-state index in [0.717, 1.165) is 48.9 Å². The van der Waals surface area contributed by atoms with Gasteiger partial charge >= 0.3 is 0 Å². The summed E-state index contributed by atoms with van der Waals surface area (Å²) in [5.41, 5.74) is 1.04.